The van der Waals surface area contributed by atoms with E-state index in [4.69, 9.17) is 0 Å². The highest BCUT2D eigenvalue weighted by atomic mass is 33.1. The minimum Gasteiger partial charge on any atom is -0.355 e. The van der Waals surface area contributed by atoms with Crippen LogP contribution in [0.15, 0.2) is 0 Å². The molecule has 0 rings (SSSR count). The number of hydrogen-bond acceptors (Lipinski definition) is 6. The molecule has 0 aliphatic heterocycles. The predicted molar refractivity (Wildman–Crippen MR) is 134 cm³/mol. The zero-order valence-electron chi connectivity index (χ0n) is 19.4. The first kappa shape index (κ1) is 29.6. The Morgan fingerprint density at radius 1 is 0.567 bits per heavy atom. The number of hydrogen-bond donors (Lipinski definition) is 4. The Labute approximate surface area is 193 Å². The summed E-state index contributed by atoms with van der Waals surface area (Å²) in [7, 11) is 3.48. The van der Waals surface area contributed by atoms with Gasteiger partial charge in [-0.3, -0.25) is 9.59 Å². The van der Waals surface area contributed by atoms with Crippen molar-refractivity contribution in [3.63, 3.8) is 0 Å². The van der Waals surface area contributed by atoms with Crippen LogP contribution in [0.3, 0.4) is 0 Å². The van der Waals surface area contributed by atoms with Gasteiger partial charge in [0.05, 0.1) is 0 Å². The minimum atomic E-state index is 0.118. The molecular formula is C22H46N4O2S2. The predicted octanol–water partition coefficient (Wildman–Crippen LogP) is 3.72. The monoisotopic (exact) mass is 462 g/mol. The second kappa shape index (κ2) is 24.8. The van der Waals surface area contributed by atoms with Gasteiger partial charge in [0.1, 0.15) is 0 Å². The third kappa shape index (κ3) is 23.8. The van der Waals surface area contributed by atoms with Crippen LogP contribution in [0.1, 0.15) is 78.1 Å². The van der Waals surface area contributed by atoms with Gasteiger partial charge in [-0.2, -0.15) is 0 Å². The highest BCUT2D eigenvalue weighted by Gasteiger charge is 2.02. The van der Waals surface area contributed by atoms with Crippen molar-refractivity contribution in [2.45, 2.75) is 78.1 Å². The lowest BCUT2D eigenvalue weighted by atomic mass is 10.2. The van der Waals surface area contributed by atoms with Crippen molar-refractivity contribution in [3.8, 4) is 0 Å². The summed E-state index contributed by atoms with van der Waals surface area (Å²) in [5.74, 6) is 2.01. The van der Waals surface area contributed by atoms with Gasteiger partial charge in [0, 0.05) is 50.5 Å². The molecule has 0 saturated carbocycles. The van der Waals surface area contributed by atoms with Gasteiger partial charge in [-0.1, -0.05) is 74.0 Å². The van der Waals surface area contributed by atoms with E-state index < -0.39 is 0 Å². The molecule has 0 aromatic rings. The number of carbonyl (C=O) groups excluding carboxylic acids is 2. The van der Waals surface area contributed by atoms with Crippen molar-refractivity contribution < 1.29 is 9.59 Å². The van der Waals surface area contributed by atoms with Gasteiger partial charge in [0.2, 0.25) is 11.8 Å². The molecule has 0 fully saturated rings. The maximum Gasteiger partial charge on any atom is 0.221 e. The Morgan fingerprint density at radius 2 is 1.00 bits per heavy atom. The summed E-state index contributed by atoms with van der Waals surface area (Å²) in [5, 5.41) is 12.6. The fraction of sp³-hybridized carbons (Fsp3) is 0.909. The van der Waals surface area contributed by atoms with E-state index in [0.29, 0.717) is 25.9 Å². The molecule has 0 atom stereocenters. The summed E-state index contributed by atoms with van der Waals surface area (Å²) in [6.45, 7) is 9.35. The topological polar surface area (TPSA) is 82.3 Å². The van der Waals surface area contributed by atoms with E-state index >= 15 is 0 Å². The highest BCUT2D eigenvalue weighted by Crippen LogP contribution is 2.19. The largest absolute Gasteiger partial charge is 0.355 e. The summed E-state index contributed by atoms with van der Waals surface area (Å²) in [6, 6.07) is 0. The molecular weight excluding hydrogens is 416 g/mol. The molecule has 8 heteroatoms. The number of carbonyl (C=O) groups is 2. The van der Waals surface area contributed by atoms with Crippen molar-refractivity contribution >= 4 is 33.4 Å². The van der Waals surface area contributed by atoms with Crippen molar-refractivity contribution in [1.82, 2.24) is 21.3 Å². The Balaban J connectivity index is 3.25. The average Bonchev–Trinajstić information content (AvgIpc) is 2.74. The molecule has 4 N–H and O–H groups in total. The zero-order chi connectivity index (χ0) is 22.1. The smallest absolute Gasteiger partial charge is 0.221 e. The van der Waals surface area contributed by atoms with Crippen molar-refractivity contribution in [2.75, 3.05) is 50.8 Å². The standard InChI is InChI=1S/C22H46N4O2S2/c1-3-5-7-9-13-23-15-11-21(27)25-17-19-29-30-20-18-26-22(28)12-16-24-14-10-8-6-4-2/h23-24H,3-20H2,1-2H3,(H,25,27)(H,26,28). The van der Waals surface area contributed by atoms with E-state index in [1.165, 1.54) is 51.4 Å². The molecule has 30 heavy (non-hydrogen) atoms. The zero-order valence-corrected chi connectivity index (χ0v) is 21.0. The summed E-state index contributed by atoms with van der Waals surface area (Å²) in [6.07, 6.45) is 11.1. The first-order valence-electron chi connectivity index (χ1n) is 11.9. The maximum absolute atomic E-state index is 11.7. The Kier molecular flexibility index (Phi) is 24.5. The average molecular weight is 463 g/mol. The molecule has 0 aromatic heterocycles. The van der Waals surface area contributed by atoms with E-state index in [0.717, 1.165) is 37.7 Å². The van der Waals surface area contributed by atoms with E-state index in [9.17, 15) is 9.59 Å². The molecule has 0 aliphatic carbocycles. The van der Waals surface area contributed by atoms with Gasteiger partial charge in [0.15, 0.2) is 0 Å². The van der Waals surface area contributed by atoms with E-state index in [-0.39, 0.29) is 11.8 Å². The molecule has 0 aromatic carbocycles. The van der Waals surface area contributed by atoms with Gasteiger partial charge >= 0.3 is 0 Å². The van der Waals surface area contributed by atoms with Crippen LogP contribution >= 0.6 is 21.6 Å². The van der Waals surface area contributed by atoms with Crippen LogP contribution in [-0.4, -0.2) is 62.6 Å². The fourth-order valence-electron chi connectivity index (χ4n) is 2.77. The molecule has 0 aliphatic rings. The quantitative estimate of drug-likeness (QED) is 0.137. The summed E-state index contributed by atoms with van der Waals surface area (Å²) in [5.41, 5.74) is 0. The van der Waals surface area contributed by atoms with Gasteiger partial charge in [-0.05, 0) is 25.9 Å². The third-order valence-corrected chi connectivity index (χ3v) is 6.98. The molecule has 0 bridgehead atoms. The van der Waals surface area contributed by atoms with Crippen molar-refractivity contribution in [2.24, 2.45) is 0 Å². The lowest BCUT2D eigenvalue weighted by molar-refractivity contribution is -0.121. The SMILES string of the molecule is CCCCCCNCCC(=O)NCCSSCCNC(=O)CCNCCCCCC. The maximum atomic E-state index is 11.7. The number of unbranched alkanes of at least 4 members (excludes halogenated alkanes) is 6. The highest BCUT2D eigenvalue weighted by molar-refractivity contribution is 8.76. The normalized spacial score (nSPS) is 10.9. The summed E-state index contributed by atoms with van der Waals surface area (Å²) in [4.78, 5) is 23.5. The molecule has 0 unspecified atom stereocenters. The van der Waals surface area contributed by atoms with Gasteiger partial charge < -0.3 is 21.3 Å². The Hall–Kier alpha value is -0.440. The van der Waals surface area contributed by atoms with Gasteiger partial charge in [-0.25, -0.2) is 0 Å². The molecule has 6 nitrogen and oxygen atoms in total. The fourth-order valence-corrected chi connectivity index (χ4v) is 4.58. The second-order valence-corrected chi connectivity index (χ2v) is 10.2. The van der Waals surface area contributed by atoms with Gasteiger partial charge in [0.25, 0.3) is 0 Å². The van der Waals surface area contributed by atoms with Crippen LogP contribution in [0.5, 0.6) is 0 Å². The first-order valence-corrected chi connectivity index (χ1v) is 14.4. The lowest BCUT2D eigenvalue weighted by Crippen LogP contribution is -2.30. The van der Waals surface area contributed by atoms with Crippen LogP contribution in [0.2, 0.25) is 0 Å². The summed E-state index contributed by atoms with van der Waals surface area (Å²) >= 11 is 0. The van der Waals surface area contributed by atoms with Crippen LogP contribution in [0, 0.1) is 0 Å². The second-order valence-electron chi connectivity index (χ2n) is 7.47. The molecule has 2 amide bonds. The van der Waals surface area contributed by atoms with Crippen molar-refractivity contribution in [1.29, 1.82) is 0 Å². The molecule has 0 radical (unpaired) electrons. The third-order valence-electron chi connectivity index (χ3n) is 4.57. The van der Waals surface area contributed by atoms with Crippen LogP contribution in [0.25, 0.3) is 0 Å². The van der Waals surface area contributed by atoms with Crippen LogP contribution in [0.4, 0.5) is 0 Å². The number of amides is 2. The van der Waals surface area contributed by atoms with Gasteiger partial charge in [-0.15, -0.1) is 0 Å². The lowest BCUT2D eigenvalue weighted by Gasteiger charge is -2.07. The Bertz CT molecular complexity index is 365. The molecule has 178 valence electrons. The van der Waals surface area contributed by atoms with Crippen LogP contribution < -0.4 is 21.3 Å². The molecule has 0 heterocycles. The minimum absolute atomic E-state index is 0.118. The van der Waals surface area contributed by atoms with Crippen molar-refractivity contribution in [3.05, 3.63) is 0 Å². The van der Waals surface area contributed by atoms with E-state index in [1.807, 2.05) is 0 Å². The molecule has 0 spiro atoms. The molecule has 0 saturated heterocycles. The number of nitrogens with one attached hydrogen (secondary N) is 4. The number of rotatable bonds is 23. The first-order chi connectivity index (χ1) is 14.7. The Morgan fingerprint density at radius 3 is 1.40 bits per heavy atom. The van der Waals surface area contributed by atoms with E-state index in [2.05, 4.69) is 35.1 Å². The van der Waals surface area contributed by atoms with Crippen LogP contribution in [-0.2, 0) is 9.59 Å². The summed E-state index contributed by atoms with van der Waals surface area (Å²) < 4.78 is 0. The van der Waals surface area contributed by atoms with E-state index in [1.54, 1.807) is 21.6 Å².